The van der Waals surface area contributed by atoms with Crippen LogP contribution in [0.15, 0.2) is 22.0 Å². The maximum absolute atomic E-state index is 12.7. The first-order valence-electron chi connectivity index (χ1n) is 8.91. The number of methoxy groups -OCH3 is 1. The largest absolute Gasteiger partial charge is 0.384 e. The third-order valence-electron chi connectivity index (χ3n) is 4.52. The number of piperidine rings is 1. The van der Waals surface area contributed by atoms with Crippen molar-refractivity contribution in [3.05, 3.63) is 34.1 Å². The Balaban J connectivity index is 1.57. The van der Waals surface area contributed by atoms with Gasteiger partial charge in [-0.3, -0.25) is 4.79 Å². The number of carbonyl (C=O) groups is 1. The number of thiophene rings is 1. The molecule has 25 heavy (non-hydrogen) atoms. The topological polar surface area (TPSA) is 68.5 Å². The van der Waals surface area contributed by atoms with E-state index in [9.17, 15) is 4.79 Å². The third-order valence-corrected chi connectivity index (χ3v) is 5.45. The maximum atomic E-state index is 12.7. The molecule has 2 aromatic rings. The van der Waals surface area contributed by atoms with Gasteiger partial charge in [-0.05, 0) is 43.6 Å². The molecule has 0 N–H and O–H groups in total. The molecule has 136 valence electrons. The Morgan fingerprint density at radius 1 is 1.44 bits per heavy atom. The first-order valence-corrected chi connectivity index (χ1v) is 9.79. The average molecular weight is 363 g/mol. The van der Waals surface area contributed by atoms with Crippen LogP contribution in [0.4, 0.5) is 0 Å². The van der Waals surface area contributed by atoms with Crippen LogP contribution in [0.2, 0.25) is 0 Å². The van der Waals surface area contributed by atoms with Gasteiger partial charge in [0, 0.05) is 31.4 Å². The molecule has 0 radical (unpaired) electrons. The van der Waals surface area contributed by atoms with Crippen molar-refractivity contribution in [1.29, 1.82) is 0 Å². The molecule has 3 rings (SSSR count). The lowest BCUT2D eigenvalue weighted by molar-refractivity contribution is -0.135. The van der Waals surface area contributed by atoms with Crippen molar-refractivity contribution >= 4 is 17.2 Å². The molecule has 1 atom stereocenters. The normalized spacial score (nSPS) is 17.8. The predicted octanol–water partition coefficient (Wildman–Crippen LogP) is 3.40. The van der Waals surface area contributed by atoms with Crippen LogP contribution in [-0.2, 0) is 22.4 Å². The van der Waals surface area contributed by atoms with Crippen molar-refractivity contribution in [2.24, 2.45) is 0 Å². The molecule has 1 aliphatic heterocycles. The molecule has 1 unspecified atom stereocenters. The van der Waals surface area contributed by atoms with Gasteiger partial charge < -0.3 is 14.2 Å². The van der Waals surface area contributed by atoms with Gasteiger partial charge >= 0.3 is 0 Å². The molecule has 1 saturated heterocycles. The van der Waals surface area contributed by atoms with E-state index in [-0.39, 0.29) is 11.9 Å². The molecule has 0 bridgehead atoms. The van der Waals surface area contributed by atoms with Crippen LogP contribution in [-0.4, -0.2) is 41.2 Å². The molecule has 7 heteroatoms. The number of aryl methyl sites for hydroxylation is 1. The summed E-state index contributed by atoms with van der Waals surface area (Å²) in [6, 6.07) is 4.10. The van der Waals surface area contributed by atoms with Crippen LogP contribution in [0.25, 0.3) is 0 Å². The van der Waals surface area contributed by atoms with Gasteiger partial charge in [-0.15, -0.1) is 11.3 Å². The highest BCUT2D eigenvalue weighted by Crippen LogP contribution is 2.30. The lowest BCUT2D eigenvalue weighted by Crippen LogP contribution is -2.38. The molecule has 6 nitrogen and oxygen atoms in total. The van der Waals surface area contributed by atoms with E-state index in [2.05, 4.69) is 27.7 Å². The Labute approximate surface area is 152 Å². The van der Waals surface area contributed by atoms with Gasteiger partial charge in [-0.1, -0.05) is 11.2 Å². The molecule has 0 aromatic carbocycles. The molecule has 1 fully saturated rings. The number of ether oxygens (including phenoxy) is 1. The Morgan fingerprint density at radius 2 is 2.36 bits per heavy atom. The number of likely N-dealkylation sites (tertiary alicyclic amines) is 1. The minimum Gasteiger partial charge on any atom is -0.384 e. The van der Waals surface area contributed by atoms with E-state index in [0.717, 1.165) is 38.6 Å². The van der Waals surface area contributed by atoms with Gasteiger partial charge in [0.05, 0.1) is 6.61 Å². The molecule has 3 heterocycles. The first kappa shape index (κ1) is 18.1. The minimum atomic E-state index is -0.0771. The van der Waals surface area contributed by atoms with E-state index in [1.165, 1.54) is 4.88 Å². The zero-order valence-corrected chi connectivity index (χ0v) is 15.5. The monoisotopic (exact) mass is 363 g/mol. The van der Waals surface area contributed by atoms with Crippen molar-refractivity contribution in [3.63, 3.8) is 0 Å². The number of aromatic nitrogens is 2. The summed E-state index contributed by atoms with van der Waals surface area (Å²) in [5.74, 6) is 1.41. The molecule has 0 saturated carbocycles. The molecular formula is C18H25N3O3S. The van der Waals surface area contributed by atoms with Crippen molar-refractivity contribution in [1.82, 2.24) is 15.0 Å². The van der Waals surface area contributed by atoms with Gasteiger partial charge in [-0.25, -0.2) is 0 Å². The number of nitrogens with zero attached hydrogens (tertiary/aromatic N) is 3. The molecule has 2 aromatic heterocycles. The summed E-state index contributed by atoms with van der Waals surface area (Å²) in [4.78, 5) is 20.5. The summed E-state index contributed by atoms with van der Waals surface area (Å²) >= 11 is 1.75. The van der Waals surface area contributed by atoms with E-state index < -0.39 is 0 Å². The Bertz CT molecular complexity index is 656. The Morgan fingerprint density at radius 3 is 3.16 bits per heavy atom. The quantitative estimate of drug-likeness (QED) is 0.719. The van der Waals surface area contributed by atoms with Gasteiger partial charge in [0.2, 0.25) is 11.8 Å². The summed E-state index contributed by atoms with van der Waals surface area (Å²) in [5, 5.41) is 6.09. The molecule has 0 aliphatic carbocycles. The fraction of sp³-hybridized carbons (Fsp3) is 0.611. The van der Waals surface area contributed by atoms with Crippen LogP contribution in [0.3, 0.4) is 0 Å². The summed E-state index contributed by atoms with van der Waals surface area (Å²) in [7, 11) is 1.65. The first-order chi connectivity index (χ1) is 12.3. The fourth-order valence-electron chi connectivity index (χ4n) is 3.20. The Kier molecular flexibility index (Phi) is 6.58. The summed E-state index contributed by atoms with van der Waals surface area (Å²) in [5.41, 5.74) is 0. The summed E-state index contributed by atoms with van der Waals surface area (Å²) in [6.07, 6.45) is 6.05. The fourth-order valence-corrected chi connectivity index (χ4v) is 3.95. The van der Waals surface area contributed by atoms with Gasteiger partial charge in [-0.2, -0.15) is 4.98 Å². The number of hydrogen-bond donors (Lipinski definition) is 0. The van der Waals surface area contributed by atoms with Crippen LogP contribution < -0.4 is 0 Å². The standard InChI is InChI=1S/C18H25N3O3S/c1-23-12-10-16-19-18(24-20-16)15-8-2-3-11-21(15)17(22)9-4-6-14-7-5-13-25-14/h5,7,13,15H,2-4,6,8-12H2,1H3. The van der Waals surface area contributed by atoms with E-state index in [0.29, 0.717) is 31.2 Å². The highest BCUT2D eigenvalue weighted by Gasteiger charge is 2.31. The van der Waals surface area contributed by atoms with Crippen LogP contribution >= 0.6 is 11.3 Å². The van der Waals surface area contributed by atoms with Crippen LogP contribution in [0.5, 0.6) is 0 Å². The van der Waals surface area contributed by atoms with Crippen molar-refractivity contribution < 1.29 is 14.1 Å². The average Bonchev–Trinajstić information content (AvgIpc) is 3.32. The van der Waals surface area contributed by atoms with Crippen molar-refractivity contribution in [2.45, 2.75) is 51.0 Å². The van der Waals surface area contributed by atoms with E-state index in [1.807, 2.05) is 4.90 Å². The SMILES string of the molecule is COCCc1noc(C2CCCCN2C(=O)CCCc2cccs2)n1. The summed E-state index contributed by atoms with van der Waals surface area (Å²) < 4.78 is 10.5. The number of carbonyl (C=O) groups excluding carboxylic acids is 1. The summed E-state index contributed by atoms with van der Waals surface area (Å²) in [6.45, 7) is 1.34. The smallest absolute Gasteiger partial charge is 0.249 e. The highest BCUT2D eigenvalue weighted by molar-refractivity contribution is 7.09. The number of amides is 1. The zero-order chi connectivity index (χ0) is 17.5. The zero-order valence-electron chi connectivity index (χ0n) is 14.6. The number of hydrogen-bond acceptors (Lipinski definition) is 6. The lowest BCUT2D eigenvalue weighted by Gasteiger charge is -2.33. The second kappa shape index (κ2) is 9.10. The van der Waals surface area contributed by atoms with E-state index in [4.69, 9.17) is 9.26 Å². The molecule has 1 amide bonds. The van der Waals surface area contributed by atoms with Crippen LogP contribution in [0.1, 0.15) is 54.7 Å². The second-order valence-electron chi connectivity index (χ2n) is 6.32. The van der Waals surface area contributed by atoms with Gasteiger partial charge in [0.25, 0.3) is 0 Å². The minimum absolute atomic E-state index is 0.0771. The number of rotatable bonds is 8. The van der Waals surface area contributed by atoms with E-state index in [1.54, 1.807) is 18.4 Å². The van der Waals surface area contributed by atoms with Crippen LogP contribution in [0, 0.1) is 0 Å². The van der Waals surface area contributed by atoms with Crippen molar-refractivity contribution in [2.75, 3.05) is 20.3 Å². The lowest BCUT2D eigenvalue weighted by atomic mass is 10.0. The second-order valence-corrected chi connectivity index (χ2v) is 7.36. The molecule has 1 aliphatic rings. The maximum Gasteiger partial charge on any atom is 0.249 e. The van der Waals surface area contributed by atoms with E-state index >= 15 is 0 Å². The molecular weight excluding hydrogens is 338 g/mol. The van der Waals surface area contributed by atoms with Gasteiger partial charge in [0.15, 0.2) is 5.82 Å². The predicted molar refractivity (Wildman–Crippen MR) is 95.4 cm³/mol. The van der Waals surface area contributed by atoms with Gasteiger partial charge in [0.1, 0.15) is 6.04 Å². The molecule has 0 spiro atoms. The Hall–Kier alpha value is -1.73. The highest BCUT2D eigenvalue weighted by atomic mass is 32.1. The van der Waals surface area contributed by atoms with Crippen molar-refractivity contribution in [3.8, 4) is 0 Å². The third kappa shape index (κ3) is 4.89.